The van der Waals surface area contributed by atoms with Gasteiger partial charge in [-0.15, -0.1) is 0 Å². The van der Waals surface area contributed by atoms with Gasteiger partial charge < -0.3 is 24.9 Å². The molecule has 224 valence electrons. The van der Waals surface area contributed by atoms with Crippen LogP contribution in [0.5, 0.6) is 0 Å². The first-order chi connectivity index (χ1) is 19.7. The Morgan fingerprint density at radius 1 is 1.02 bits per heavy atom. The van der Waals surface area contributed by atoms with E-state index in [0.29, 0.717) is 36.5 Å². The summed E-state index contributed by atoms with van der Waals surface area (Å²) in [5.74, 6) is 1.60. The number of carbonyl (C=O) groups excluding carboxylic acids is 2. The van der Waals surface area contributed by atoms with Gasteiger partial charge >= 0.3 is 6.03 Å². The Kier molecular flexibility index (Phi) is 7.82. The van der Waals surface area contributed by atoms with Gasteiger partial charge in [0.2, 0.25) is 0 Å². The van der Waals surface area contributed by atoms with Crippen LogP contribution in [-0.2, 0) is 20.8 Å². The lowest BCUT2D eigenvalue weighted by Gasteiger charge is -2.55. The van der Waals surface area contributed by atoms with E-state index >= 15 is 0 Å². The average molecular weight is 567 g/mol. The van der Waals surface area contributed by atoms with Gasteiger partial charge in [0.05, 0.1) is 26.4 Å². The predicted molar refractivity (Wildman–Crippen MR) is 156 cm³/mol. The lowest BCUT2D eigenvalue weighted by Crippen LogP contribution is -2.52. The fourth-order valence-corrected chi connectivity index (χ4v) is 9.13. The molecule has 0 radical (unpaired) electrons. The molecule has 1 spiro atoms. The summed E-state index contributed by atoms with van der Waals surface area (Å²) in [6, 6.07) is 8.31. The zero-order valence-corrected chi connectivity index (χ0v) is 25.0. The van der Waals surface area contributed by atoms with Gasteiger partial charge in [0.15, 0.2) is 5.79 Å². The zero-order valence-electron chi connectivity index (χ0n) is 25.0. The van der Waals surface area contributed by atoms with Crippen LogP contribution in [0.25, 0.3) is 0 Å². The highest BCUT2D eigenvalue weighted by atomic mass is 19.1. The number of ether oxygens (including phenoxy) is 2. The summed E-state index contributed by atoms with van der Waals surface area (Å²) in [4.78, 5) is 22.4. The summed E-state index contributed by atoms with van der Waals surface area (Å²) < 4.78 is 27.3. The van der Waals surface area contributed by atoms with Crippen LogP contribution in [0.1, 0.15) is 89.2 Å². The van der Waals surface area contributed by atoms with E-state index in [2.05, 4.69) is 55.7 Å². The predicted octanol–water partition coefficient (Wildman–Crippen LogP) is 6.45. The topological polar surface area (TPSA) is 76.7 Å². The quantitative estimate of drug-likeness (QED) is 0.307. The van der Waals surface area contributed by atoms with Crippen LogP contribution in [0.4, 0.5) is 9.18 Å². The van der Waals surface area contributed by atoms with Crippen molar-refractivity contribution in [1.29, 1.82) is 0 Å². The average Bonchev–Trinajstić information content (AvgIpc) is 3.32. The number of rotatable bonds is 6. The molecule has 4 aliphatic carbocycles. The van der Waals surface area contributed by atoms with Crippen molar-refractivity contribution in [2.75, 3.05) is 26.4 Å². The minimum Gasteiger partial charge on any atom is -0.349 e. The molecule has 4 fully saturated rings. The molecule has 2 amide bonds. The third-order valence-electron chi connectivity index (χ3n) is 11.4. The van der Waals surface area contributed by atoms with E-state index in [9.17, 15) is 14.0 Å². The molecule has 1 saturated heterocycles. The van der Waals surface area contributed by atoms with Crippen LogP contribution in [0, 0.1) is 34.5 Å². The molecule has 6 rings (SSSR count). The summed E-state index contributed by atoms with van der Waals surface area (Å²) in [6.07, 6.45) is 9.08. The zero-order chi connectivity index (χ0) is 28.8. The van der Waals surface area contributed by atoms with Crippen LogP contribution in [0.2, 0.25) is 0 Å². The number of alkyl halides is 1. The number of hydrogen-bond acceptors (Lipinski definition) is 4. The van der Waals surface area contributed by atoms with Gasteiger partial charge in [-0.2, -0.15) is 0 Å². The molecule has 0 aromatic heterocycles. The molecule has 5 aliphatic rings. The van der Waals surface area contributed by atoms with Crippen molar-refractivity contribution in [3.63, 3.8) is 0 Å². The summed E-state index contributed by atoms with van der Waals surface area (Å²) in [5, 5.41) is 5.33. The molecule has 1 aromatic rings. The van der Waals surface area contributed by atoms with E-state index in [0.717, 1.165) is 57.3 Å². The molecular formula is C34H47FN2O4. The maximum Gasteiger partial charge on any atom is 0.315 e. The molecule has 3 saturated carbocycles. The Hall–Kier alpha value is -2.25. The number of amides is 2. The Morgan fingerprint density at radius 2 is 1.78 bits per heavy atom. The number of aldehydes is 1. The third-order valence-corrected chi connectivity index (χ3v) is 11.4. The molecule has 6 atom stereocenters. The number of fused-ring (bicyclic) bond motifs is 4. The Labute approximate surface area is 244 Å². The first kappa shape index (κ1) is 28.9. The van der Waals surface area contributed by atoms with E-state index in [1.54, 1.807) is 11.1 Å². The second-order valence-corrected chi connectivity index (χ2v) is 14.5. The summed E-state index contributed by atoms with van der Waals surface area (Å²) in [7, 11) is 0. The highest BCUT2D eigenvalue weighted by molar-refractivity contribution is 5.76. The number of allylic oxidation sites excluding steroid dienone is 2. The van der Waals surface area contributed by atoms with Crippen LogP contribution in [0.15, 0.2) is 35.4 Å². The van der Waals surface area contributed by atoms with Crippen molar-refractivity contribution in [3.8, 4) is 0 Å². The molecule has 41 heavy (non-hydrogen) atoms. The minimum absolute atomic E-state index is 0.00302. The SMILES string of the molecule is CC1(C)COC2(CCC3=C4C(c5ccc(CNC(=O)NCC=O)cc5)CC5(C)C(CF)CCC5C4CCC3C2)OC1. The van der Waals surface area contributed by atoms with E-state index in [1.807, 2.05) is 0 Å². The lowest BCUT2D eigenvalue weighted by atomic mass is 9.51. The van der Waals surface area contributed by atoms with Gasteiger partial charge in [-0.3, -0.25) is 4.39 Å². The fraction of sp³-hybridized carbons (Fsp3) is 0.706. The number of nitrogens with one attached hydrogen (secondary N) is 2. The number of urea groups is 1. The Bertz CT molecular complexity index is 1170. The van der Waals surface area contributed by atoms with Crippen molar-refractivity contribution in [2.45, 2.75) is 90.4 Å². The smallest absolute Gasteiger partial charge is 0.315 e. The van der Waals surface area contributed by atoms with E-state index in [4.69, 9.17) is 9.47 Å². The third kappa shape index (κ3) is 5.37. The molecule has 1 aromatic carbocycles. The fourth-order valence-electron chi connectivity index (χ4n) is 9.13. The second kappa shape index (κ2) is 11.1. The Balaban J connectivity index is 1.28. The largest absolute Gasteiger partial charge is 0.349 e. The molecule has 1 aliphatic heterocycles. The maximum absolute atomic E-state index is 14.4. The number of carbonyl (C=O) groups is 2. The van der Waals surface area contributed by atoms with Gasteiger partial charge in [0, 0.05) is 30.7 Å². The van der Waals surface area contributed by atoms with Crippen LogP contribution >= 0.6 is 0 Å². The Morgan fingerprint density at radius 3 is 2.49 bits per heavy atom. The first-order valence-electron chi connectivity index (χ1n) is 15.8. The van der Waals surface area contributed by atoms with Gasteiger partial charge in [0.25, 0.3) is 0 Å². The molecular weight excluding hydrogens is 519 g/mol. The van der Waals surface area contributed by atoms with Gasteiger partial charge in [0.1, 0.15) is 6.29 Å². The minimum atomic E-state index is -0.435. The van der Waals surface area contributed by atoms with Gasteiger partial charge in [-0.1, -0.05) is 56.2 Å². The van der Waals surface area contributed by atoms with E-state index < -0.39 is 5.79 Å². The highest BCUT2D eigenvalue weighted by Gasteiger charge is 2.58. The first-order valence-corrected chi connectivity index (χ1v) is 15.8. The number of halogens is 1. The number of hydrogen-bond donors (Lipinski definition) is 2. The summed E-state index contributed by atoms with van der Waals surface area (Å²) in [5.41, 5.74) is 5.72. The molecule has 0 bridgehead atoms. The normalized spacial score (nSPS) is 35.3. The molecule has 6 nitrogen and oxygen atoms in total. The van der Waals surface area contributed by atoms with Crippen molar-refractivity contribution in [1.82, 2.24) is 10.6 Å². The second-order valence-electron chi connectivity index (χ2n) is 14.5. The van der Waals surface area contributed by atoms with Crippen LogP contribution in [0.3, 0.4) is 0 Å². The lowest BCUT2D eigenvalue weighted by molar-refractivity contribution is -0.312. The molecule has 2 N–H and O–H groups in total. The molecule has 6 unspecified atom stereocenters. The standard InChI is InChI=1S/C34H47FN2O4/c1-32(2)20-40-34(41-21-32)13-12-26-24(16-34)8-10-27-29-11-9-25(18-35)33(29,3)17-28(30(26)27)23-6-4-22(5-7-23)19-37-31(39)36-14-15-38/h4-7,15,24-25,27-29H,8-14,16-21H2,1-3H3,(H2,36,37,39). The van der Waals surface area contributed by atoms with Gasteiger partial charge in [-0.25, -0.2) is 4.79 Å². The van der Waals surface area contributed by atoms with Crippen molar-refractivity contribution >= 4 is 12.3 Å². The van der Waals surface area contributed by atoms with Crippen molar-refractivity contribution < 1.29 is 23.5 Å². The monoisotopic (exact) mass is 566 g/mol. The van der Waals surface area contributed by atoms with Crippen LogP contribution < -0.4 is 10.6 Å². The number of benzene rings is 1. The van der Waals surface area contributed by atoms with Crippen LogP contribution in [-0.4, -0.2) is 44.5 Å². The van der Waals surface area contributed by atoms with Gasteiger partial charge in [-0.05, 0) is 78.7 Å². The van der Waals surface area contributed by atoms with Crippen molar-refractivity contribution in [2.24, 2.45) is 34.5 Å². The van der Waals surface area contributed by atoms with E-state index in [1.165, 1.54) is 18.4 Å². The molecule has 1 heterocycles. The molecule has 7 heteroatoms. The highest BCUT2D eigenvalue weighted by Crippen LogP contribution is 2.66. The maximum atomic E-state index is 14.4. The summed E-state index contributed by atoms with van der Waals surface area (Å²) >= 11 is 0. The van der Waals surface area contributed by atoms with Crippen molar-refractivity contribution in [3.05, 3.63) is 46.5 Å². The van der Waals surface area contributed by atoms with E-state index in [-0.39, 0.29) is 36.0 Å². The summed E-state index contributed by atoms with van der Waals surface area (Å²) in [6.45, 7) is 8.49.